The number of ether oxygens (including phenoxy) is 1. The van der Waals surface area contributed by atoms with Crippen molar-refractivity contribution in [1.29, 1.82) is 0 Å². The first-order valence-corrected chi connectivity index (χ1v) is 9.58. The molecule has 0 radical (unpaired) electrons. The highest BCUT2D eigenvalue weighted by atomic mass is 32.1. The van der Waals surface area contributed by atoms with E-state index >= 15 is 0 Å². The van der Waals surface area contributed by atoms with Crippen LogP contribution >= 0.6 is 11.3 Å². The maximum atomic E-state index is 13.4. The van der Waals surface area contributed by atoms with Crippen LogP contribution in [0.3, 0.4) is 0 Å². The molecule has 0 bridgehead atoms. The van der Waals surface area contributed by atoms with Gasteiger partial charge in [0.25, 0.3) is 5.56 Å². The van der Waals surface area contributed by atoms with Crippen LogP contribution < -0.4 is 10.3 Å². The molecule has 3 aromatic carbocycles. The molecule has 0 saturated carbocycles. The second-order valence-electron chi connectivity index (χ2n) is 6.29. The molecule has 28 heavy (non-hydrogen) atoms. The van der Waals surface area contributed by atoms with E-state index in [1.165, 1.54) is 11.3 Å². The Morgan fingerprint density at radius 1 is 0.857 bits per heavy atom. The third kappa shape index (κ3) is 2.66. The Morgan fingerprint density at radius 2 is 1.57 bits per heavy atom. The maximum Gasteiger partial charge on any atom is 0.268 e. The van der Waals surface area contributed by atoms with E-state index in [-0.39, 0.29) is 5.56 Å². The van der Waals surface area contributed by atoms with Crippen LogP contribution in [0, 0.1) is 0 Å². The number of benzene rings is 3. The van der Waals surface area contributed by atoms with E-state index in [1.54, 1.807) is 17.7 Å². The Hall–Kier alpha value is -3.51. The van der Waals surface area contributed by atoms with Crippen LogP contribution in [0.1, 0.15) is 0 Å². The van der Waals surface area contributed by atoms with Crippen molar-refractivity contribution in [3.63, 3.8) is 0 Å². The number of nitrogens with zero attached hydrogens (tertiary/aromatic N) is 3. The first-order valence-electron chi connectivity index (χ1n) is 8.77. The molecule has 0 atom stereocenters. The minimum absolute atomic E-state index is 0.129. The maximum absolute atomic E-state index is 13.4. The Kier molecular flexibility index (Phi) is 3.91. The van der Waals surface area contributed by atoms with E-state index in [1.807, 2.05) is 66.7 Å². The first-order chi connectivity index (χ1) is 13.7. The fourth-order valence-electron chi connectivity index (χ4n) is 3.20. The van der Waals surface area contributed by atoms with Crippen LogP contribution in [0.5, 0.6) is 5.75 Å². The zero-order valence-electron chi connectivity index (χ0n) is 15.0. The number of fused-ring (bicyclic) bond motifs is 2. The zero-order valence-corrected chi connectivity index (χ0v) is 15.8. The van der Waals surface area contributed by atoms with Gasteiger partial charge in [0, 0.05) is 5.56 Å². The van der Waals surface area contributed by atoms with Gasteiger partial charge >= 0.3 is 0 Å². The lowest BCUT2D eigenvalue weighted by molar-refractivity contribution is 0.415. The molecule has 5 rings (SSSR count). The van der Waals surface area contributed by atoms with Crippen LogP contribution in [0.2, 0.25) is 0 Å². The van der Waals surface area contributed by atoms with Gasteiger partial charge in [0.05, 0.1) is 28.2 Å². The number of methoxy groups -OCH3 is 1. The summed E-state index contributed by atoms with van der Waals surface area (Å²) in [5, 5.41) is 1.18. The van der Waals surface area contributed by atoms with Crippen LogP contribution in [0.25, 0.3) is 37.6 Å². The van der Waals surface area contributed by atoms with E-state index < -0.39 is 0 Å². The summed E-state index contributed by atoms with van der Waals surface area (Å²) in [6, 6.07) is 22.8. The van der Waals surface area contributed by atoms with Crippen molar-refractivity contribution in [3.05, 3.63) is 83.2 Å². The highest BCUT2D eigenvalue weighted by Crippen LogP contribution is 2.29. The molecule has 0 N–H and O–H groups in total. The van der Waals surface area contributed by atoms with Crippen molar-refractivity contribution < 1.29 is 4.74 Å². The monoisotopic (exact) mass is 385 g/mol. The van der Waals surface area contributed by atoms with Gasteiger partial charge in [0.2, 0.25) is 0 Å². The predicted molar refractivity (Wildman–Crippen MR) is 113 cm³/mol. The lowest BCUT2D eigenvalue weighted by atomic mass is 10.1. The van der Waals surface area contributed by atoms with E-state index in [0.29, 0.717) is 21.9 Å². The van der Waals surface area contributed by atoms with Crippen molar-refractivity contribution >= 4 is 32.5 Å². The average molecular weight is 385 g/mol. The molecule has 0 saturated heterocycles. The minimum atomic E-state index is -0.129. The average Bonchev–Trinajstić information content (AvgIpc) is 3.17. The summed E-state index contributed by atoms with van der Waals surface area (Å²) in [7, 11) is 1.63. The summed E-state index contributed by atoms with van der Waals surface area (Å²) in [4.78, 5) is 22.9. The molecule has 0 fully saturated rings. The quantitative estimate of drug-likeness (QED) is 0.453. The lowest BCUT2D eigenvalue weighted by Crippen LogP contribution is -2.21. The Bertz CT molecular complexity index is 1340. The third-order valence-electron chi connectivity index (χ3n) is 4.60. The fourth-order valence-corrected chi connectivity index (χ4v) is 4.17. The van der Waals surface area contributed by atoms with Gasteiger partial charge in [-0.1, -0.05) is 35.6 Å². The van der Waals surface area contributed by atoms with Crippen molar-refractivity contribution in [2.75, 3.05) is 7.11 Å². The number of hydrogen-bond donors (Lipinski definition) is 0. The Balaban J connectivity index is 1.84. The summed E-state index contributed by atoms with van der Waals surface area (Å²) in [5.41, 5.74) is 2.22. The molecular weight excluding hydrogens is 370 g/mol. The molecule has 5 aromatic rings. The van der Waals surface area contributed by atoms with Gasteiger partial charge in [-0.25, -0.2) is 14.5 Å². The van der Waals surface area contributed by atoms with Crippen LogP contribution in [-0.2, 0) is 0 Å². The van der Waals surface area contributed by atoms with Crippen molar-refractivity contribution in [2.24, 2.45) is 0 Å². The molecule has 2 aromatic heterocycles. The summed E-state index contributed by atoms with van der Waals surface area (Å²) in [6.07, 6.45) is 0. The molecule has 5 nitrogen and oxygen atoms in total. The molecule has 0 aliphatic rings. The standard InChI is InChI=1S/C22H15N3O2S/c1-27-15-12-10-14(11-13-15)20-23-17-7-3-2-6-16(17)21(26)25(20)22-24-18-8-4-5-9-19(18)28-22/h2-13H,1H3. The second kappa shape index (κ2) is 6.58. The van der Waals surface area contributed by atoms with Gasteiger partial charge < -0.3 is 4.74 Å². The van der Waals surface area contributed by atoms with E-state index in [2.05, 4.69) is 4.98 Å². The van der Waals surface area contributed by atoms with Crippen LogP contribution in [0.4, 0.5) is 0 Å². The van der Waals surface area contributed by atoms with E-state index in [9.17, 15) is 4.79 Å². The molecule has 0 aliphatic heterocycles. The highest BCUT2D eigenvalue weighted by Gasteiger charge is 2.17. The molecule has 0 unspecified atom stereocenters. The van der Waals surface area contributed by atoms with Gasteiger partial charge in [-0.2, -0.15) is 0 Å². The summed E-state index contributed by atoms with van der Waals surface area (Å²) in [6.45, 7) is 0. The van der Waals surface area contributed by atoms with Gasteiger partial charge in [0.15, 0.2) is 5.13 Å². The number of hydrogen-bond acceptors (Lipinski definition) is 5. The molecule has 136 valence electrons. The smallest absolute Gasteiger partial charge is 0.268 e. The fraction of sp³-hybridized carbons (Fsp3) is 0.0455. The van der Waals surface area contributed by atoms with E-state index in [4.69, 9.17) is 9.72 Å². The normalized spacial score (nSPS) is 11.2. The molecular formula is C22H15N3O2S. The molecule has 0 aliphatic carbocycles. The molecule has 0 amide bonds. The van der Waals surface area contributed by atoms with Gasteiger partial charge in [-0.15, -0.1) is 0 Å². The summed E-state index contributed by atoms with van der Waals surface area (Å²) >= 11 is 1.48. The summed E-state index contributed by atoms with van der Waals surface area (Å²) in [5.74, 6) is 1.31. The topological polar surface area (TPSA) is 57.0 Å². The third-order valence-corrected chi connectivity index (χ3v) is 5.62. The van der Waals surface area contributed by atoms with Crippen LogP contribution in [0.15, 0.2) is 77.6 Å². The second-order valence-corrected chi connectivity index (χ2v) is 7.29. The summed E-state index contributed by atoms with van der Waals surface area (Å²) < 4.78 is 7.89. The first kappa shape index (κ1) is 16.6. The van der Waals surface area contributed by atoms with Crippen molar-refractivity contribution in [1.82, 2.24) is 14.5 Å². The lowest BCUT2D eigenvalue weighted by Gasteiger charge is -2.11. The number of aromatic nitrogens is 3. The molecule has 2 heterocycles. The van der Waals surface area contributed by atoms with Crippen LogP contribution in [-0.4, -0.2) is 21.6 Å². The Labute approximate surface area is 164 Å². The number of thiazole rings is 1. The Morgan fingerprint density at radius 3 is 2.32 bits per heavy atom. The minimum Gasteiger partial charge on any atom is -0.497 e. The van der Waals surface area contributed by atoms with Gasteiger partial charge in [-0.3, -0.25) is 4.79 Å². The largest absolute Gasteiger partial charge is 0.497 e. The molecule has 0 spiro atoms. The SMILES string of the molecule is COc1ccc(-c2nc3ccccc3c(=O)n2-c2nc3ccccc3s2)cc1. The zero-order chi connectivity index (χ0) is 19.1. The molecule has 6 heteroatoms. The van der Waals surface area contributed by atoms with Gasteiger partial charge in [0.1, 0.15) is 11.6 Å². The highest BCUT2D eigenvalue weighted by molar-refractivity contribution is 7.20. The number of rotatable bonds is 3. The van der Waals surface area contributed by atoms with Crippen molar-refractivity contribution in [2.45, 2.75) is 0 Å². The number of para-hydroxylation sites is 2. The van der Waals surface area contributed by atoms with E-state index in [0.717, 1.165) is 21.5 Å². The van der Waals surface area contributed by atoms with Crippen molar-refractivity contribution in [3.8, 4) is 22.3 Å². The van der Waals surface area contributed by atoms with Gasteiger partial charge in [-0.05, 0) is 48.5 Å². The predicted octanol–water partition coefficient (Wildman–Crippen LogP) is 4.67.